The van der Waals surface area contributed by atoms with Crippen LogP contribution in [0, 0.1) is 0 Å². The van der Waals surface area contributed by atoms with Crippen LogP contribution in [0.3, 0.4) is 0 Å². The van der Waals surface area contributed by atoms with Crippen molar-refractivity contribution in [2.24, 2.45) is 0 Å². The van der Waals surface area contributed by atoms with E-state index in [1.54, 1.807) is 7.11 Å². The van der Waals surface area contributed by atoms with Gasteiger partial charge in [0.15, 0.2) is 0 Å². The first-order valence-corrected chi connectivity index (χ1v) is 8.76. The van der Waals surface area contributed by atoms with E-state index in [0.717, 1.165) is 49.4 Å². The van der Waals surface area contributed by atoms with E-state index < -0.39 is 0 Å². The van der Waals surface area contributed by atoms with Crippen molar-refractivity contribution in [3.05, 3.63) is 54.4 Å². The molecule has 0 aliphatic carbocycles. The zero-order valence-electron chi connectivity index (χ0n) is 14.4. The molecule has 0 saturated carbocycles. The van der Waals surface area contributed by atoms with Crippen molar-refractivity contribution in [2.45, 2.75) is 32.0 Å². The number of anilines is 1. The first kappa shape index (κ1) is 16.0. The molecule has 2 heterocycles. The molecule has 2 aromatic carbocycles. The molecule has 0 radical (unpaired) electrons. The van der Waals surface area contributed by atoms with Crippen LogP contribution in [0.15, 0.2) is 48.8 Å². The SMILES string of the molecule is COc1ccc(CNc2cnn(C[C@@H]3CCCO3)c2)c2ccccc12. The molecule has 5 heteroatoms. The fourth-order valence-electron chi connectivity index (χ4n) is 3.41. The summed E-state index contributed by atoms with van der Waals surface area (Å²) in [7, 11) is 1.71. The third-order valence-electron chi connectivity index (χ3n) is 4.73. The summed E-state index contributed by atoms with van der Waals surface area (Å²) in [6.07, 6.45) is 6.51. The molecule has 1 fully saturated rings. The maximum absolute atomic E-state index is 5.67. The maximum Gasteiger partial charge on any atom is 0.126 e. The van der Waals surface area contributed by atoms with E-state index in [4.69, 9.17) is 9.47 Å². The smallest absolute Gasteiger partial charge is 0.126 e. The van der Waals surface area contributed by atoms with Crippen LogP contribution in [0.2, 0.25) is 0 Å². The highest BCUT2D eigenvalue weighted by atomic mass is 16.5. The van der Waals surface area contributed by atoms with E-state index in [2.05, 4.69) is 34.7 Å². The molecule has 1 aliphatic rings. The van der Waals surface area contributed by atoms with E-state index >= 15 is 0 Å². The third-order valence-corrected chi connectivity index (χ3v) is 4.73. The standard InChI is InChI=1S/C20H23N3O2/c1-24-20-9-8-15(18-6-2-3-7-19(18)20)11-21-16-12-22-23(13-16)14-17-5-4-10-25-17/h2-3,6-9,12-13,17,21H,4-5,10-11,14H2,1H3/t17-/m0/s1. The molecule has 4 rings (SSSR count). The predicted molar refractivity (Wildman–Crippen MR) is 99.0 cm³/mol. The van der Waals surface area contributed by atoms with Crippen LogP contribution >= 0.6 is 0 Å². The molecular formula is C20H23N3O2. The second kappa shape index (κ2) is 7.15. The Morgan fingerprint density at radius 3 is 2.92 bits per heavy atom. The number of ether oxygens (including phenoxy) is 2. The largest absolute Gasteiger partial charge is 0.496 e. The van der Waals surface area contributed by atoms with E-state index in [0.29, 0.717) is 6.10 Å². The summed E-state index contributed by atoms with van der Waals surface area (Å²) >= 11 is 0. The molecule has 5 nitrogen and oxygen atoms in total. The van der Waals surface area contributed by atoms with Gasteiger partial charge in [0.2, 0.25) is 0 Å². The highest BCUT2D eigenvalue weighted by molar-refractivity contribution is 5.91. The normalized spacial score (nSPS) is 17.1. The molecule has 0 unspecified atom stereocenters. The third kappa shape index (κ3) is 3.46. The number of fused-ring (bicyclic) bond motifs is 1. The Morgan fingerprint density at radius 2 is 2.12 bits per heavy atom. The Balaban J connectivity index is 1.46. The lowest BCUT2D eigenvalue weighted by Gasteiger charge is -2.11. The van der Waals surface area contributed by atoms with Crippen molar-refractivity contribution in [3.63, 3.8) is 0 Å². The number of methoxy groups -OCH3 is 1. The van der Waals surface area contributed by atoms with Gasteiger partial charge < -0.3 is 14.8 Å². The second-order valence-electron chi connectivity index (χ2n) is 6.41. The summed E-state index contributed by atoms with van der Waals surface area (Å²) in [5, 5.41) is 10.3. The molecule has 1 N–H and O–H groups in total. The van der Waals surface area contributed by atoms with Crippen molar-refractivity contribution in [3.8, 4) is 5.75 Å². The van der Waals surface area contributed by atoms with E-state index in [1.807, 2.05) is 29.2 Å². The van der Waals surface area contributed by atoms with Gasteiger partial charge in [-0.3, -0.25) is 4.68 Å². The van der Waals surface area contributed by atoms with Crippen molar-refractivity contribution < 1.29 is 9.47 Å². The van der Waals surface area contributed by atoms with Crippen molar-refractivity contribution >= 4 is 16.5 Å². The minimum atomic E-state index is 0.304. The van der Waals surface area contributed by atoms with Gasteiger partial charge >= 0.3 is 0 Å². The van der Waals surface area contributed by atoms with Gasteiger partial charge in [-0.15, -0.1) is 0 Å². The first-order chi connectivity index (χ1) is 12.3. The Morgan fingerprint density at radius 1 is 1.24 bits per heavy atom. The Labute approximate surface area is 147 Å². The van der Waals surface area contributed by atoms with E-state index in [1.165, 1.54) is 10.9 Å². The highest BCUT2D eigenvalue weighted by Gasteiger charge is 2.16. The van der Waals surface area contributed by atoms with Crippen LogP contribution in [0.4, 0.5) is 5.69 Å². The molecule has 25 heavy (non-hydrogen) atoms. The monoisotopic (exact) mass is 337 g/mol. The van der Waals surface area contributed by atoms with Crippen LogP contribution in [-0.2, 0) is 17.8 Å². The average molecular weight is 337 g/mol. The topological polar surface area (TPSA) is 48.3 Å². The van der Waals surface area contributed by atoms with E-state index in [-0.39, 0.29) is 0 Å². The number of rotatable bonds is 6. The van der Waals surface area contributed by atoms with Crippen molar-refractivity contribution in [2.75, 3.05) is 19.0 Å². The summed E-state index contributed by atoms with van der Waals surface area (Å²) in [6, 6.07) is 12.5. The fourth-order valence-corrected chi connectivity index (χ4v) is 3.41. The van der Waals surface area contributed by atoms with Gasteiger partial charge in [0, 0.05) is 24.7 Å². The molecule has 1 aliphatic heterocycles. The predicted octanol–water partition coefficient (Wildman–Crippen LogP) is 3.84. The molecule has 130 valence electrons. The minimum Gasteiger partial charge on any atom is -0.496 e. The Bertz CT molecular complexity index is 853. The van der Waals surface area contributed by atoms with Gasteiger partial charge in [0.1, 0.15) is 5.75 Å². The average Bonchev–Trinajstić information content (AvgIpc) is 3.32. The lowest BCUT2D eigenvalue weighted by atomic mass is 10.0. The van der Waals surface area contributed by atoms with E-state index in [9.17, 15) is 0 Å². The molecule has 1 saturated heterocycles. The molecule has 0 bridgehead atoms. The summed E-state index contributed by atoms with van der Waals surface area (Å²) in [6.45, 7) is 2.45. The summed E-state index contributed by atoms with van der Waals surface area (Å²) in [4.78, 5) is 0. The van der Waals surface area contributed by atoms with Crippen LogP contribution in [-0.4, -0.2) is 29.6 Å². The van der Waals surface area contributed by atoms with Crippen molar-refractivity contribution in [1.82, 2.24) is 9.78 Å². The van der Waals surface area contributed by atoms with Crippen LogP contribution in [0.1, 0.15) is 18.4 Å². The number of aromatic nitrogens is 2. The van der Waals surface area contributed by atoms with Gasteiger partial charge in [0.05, 0.1) is 31.6 Å². The molecule has 3 aromatic rings. The zero-order valence-corrected chi connectivity index (χ0v) is 14.4. The van der Waals surface area contributed by atoms with Crippen LogP contribution in [0.5, 0.6) is 5.75 Å². The molecule has 1 aromatic heterocycles. The highest BCUT2D eigenvalue weighted by Crippen LogP contribution is 2.28. The first-order valence-electron chi connectivity index (χ1n) is 8.76. The quantitative estimate of drug-likeness (QED) is 0.742. The Kier molecular flexibility index (Phi) is 4.57. The van der Waals surface area contributed by atoms with Gasteiger partial charge in [-0.05, 0) is 29.9 Å². The van der Waals surface area contributed by atoms with Crippen LogP contribution in [0.25, 0.3) is 10.8 Å². The van der Waals surface area contributed by atoms with Crippen molar-refractivity contribution in [1.29, 1.82) is 0 Å². The second-order valence-corrected chi connectivity index (χ2v) is 6.41. The van der Waals surface area contributed by atoms with Gasteiger partial charge in [0.25, 0.3) is 0 Å². The fraction of sp³-hybridized carbons (Fsp3) is 0.350. The lowest BCUT2D eigenvalue weighted by Crippen LogP contribution is -2.15. The number of hydrogen-bond donors (Lipinski definition) is 1. The molecule has 0 amide bonds. The maximum atomic E-state index is 5.67. The molecule has 0 spiro atoms. The van der Waals surface area contributed by atoms with Gasteiger partial charge in [-0.2, -0.15) is 5.10 Å². The number of hydrogen-bond acceptors (Lipinski definition) is 4. The summed E-state index contributed by atoms with van der Waals surface area (Å²) < 4.78 is 13.1. The number of nitrogens with one attached hydrogen (secondary N) is 1. The Hall–Kier alpha value is -2.53. The van der Waals surface area contributed by atoms with Crippen LogP contribution < -0.4 is 10.1 Å². The number of nitrogens with zero attached hydrogens (tertiary/aromatic N) is 2. The summed E-state index contributed by atoms with van der Waals surface area (Å²) in [5.41, 5.74) is 2.26. The summed E-state index contributed by atoms with van der Waals surface area (Å²) in [5.74, 6) is 0.906. The minimum absolute atomic E-state index is 0.304. The zero-order chi connectivity index (χ0) is 17.1. The van der Waals surface area contributed by atoms with Gasteiger partial charge in [-0.1, -0.05) is 30.3 Å². The molecular weight excluding hydrogens is 314 g/mol. The number of benzene rings is 2. The molecule has 1 atom stereocenters. The lowest BCUT2D eigenvalue weighted by molar-refractivity contribution is 0.0940. The van der Waals surface area contributed by atoms with Gasteiger partial charge in [-0.25, -0.2) is 0 Å².